The minimum absolute atomic E-state index is 0. The van der Waals surface area contributed by atoms with Crippen LogP contribution in [0.3, 0.4) is 0 Å². The van der Waals surface area contributed by atoms with Crippen LogP contribution in [0.1, 0.15) is 51.5 Å². The molecular weight excluding hydrogens is 424 g/mol. The second kappa shape index (κ2) is 11.1. The van der Waals surface area contributed by atoms with Crippen LogP contribution in [0.5, 0.6) is 0 Å². The van der Waals surface area contributed by atoms with Gasteiger partial charge in [0.15, 0.2) is 0 Å². The summed E-state index contributed by atoms with van der Waals surface area (Å²) in [6, 6.07) is 9.34. The van der Waals surface area contributed by atoms with Crippen molar-refractivity contribution in [3.05, 3.63) is 35.9 Å². The third-order valence-electron chi connectivity index (χ3n) is 5.59. The first-order chi connectivity index (χ1) is 13.2. The maximum atomic E-state index is 11.5. The third-order valence-corrected chi connectivity index (χ3v) is 6.41. The van der Waals surface area contributed by atoms with E-state index in [1.807, 2.05) is 19.1 Å². The number of carbonyl (C=O) groups excluding carboxylic acids is 1. The number of carbonyl (C=O) groups is 1. The average Bonchev–Trinajstić information content (AvgIpc) is 2.91. The van der Waals surface area contributed by atoms with Crippen LogP contribution in [0.4, 0.5) is 5.69 Å². The summed E-state index contributed by atoms with van der Waals surface area (Å²) in [6.45, 7) is 4.06. The smallest absolute Gasteiger partial charge is 0.752 e. The van der Waals surface area contributed by atoms with Gasteiger partial charge in [-0.15, -0.1) is 35.0 Å². The number of hydrogen-bond acceptors (Lipinski definition) is 6. The number of methoxy groups -OCH3 is 1. The van der Waals surface area contributed by atoms with E-state index in [0.29, 0.717) is 11.8 Å². The summed E-state index contributed by atoms with van der Waals surface area (Å²) in [5.74, 6) is -0.206. The number of fused-ring (bicyclic) bond motifs is 3. The largest absolute Gasteiger partial charge is 1.00 e. The molecule has 2 aromatic rings. The van der Waals surface area contributed by atoms with Crippen molar-refractivity contribution in [3.8, 4) is 0 Å². The Morgan fingerprint density at radius 3 is 2.57 bits per heavy atom. The molecule has 0 fully saturated rings. The van der Waals surface area contributed by atoms with Crippen molar-refractivity contribution >= 4 is 38.3 Å². The summed E-state index contributed by atoms with van der Waals surface area (Å²) < 4.78 is 39.1. The second-order valence-corrected chi connectivity index (χ2v) is 8.76. The number of hydrogen-bond donors (Lipinski definition) is 0. The zero-order chi connectivity index (χ0) is 20.5. The number of unbranched alkanes of at least 4 members (excludes halogenated alkanes) is 2. The molecule has 9 heteroatoms. The number of esters is 1. The van der Waals surface area contributed by atoms with Gasteiger partial charge in [-0.2, -0.15) is 0 Å². The Morgan fingerprint density at radius 2 is 1.93 bits per heavy atom. The van der Waals surface area contributed by atoms with E-state index < -0.39 is 10.1 Å². The molecule has 1 atom stereocenters. The molecule has 0 spiro atoms. The predicted octanol–water partition coefficient (Wildman–Crippen LogP) is -1.96. The molecule has 30 heavy (non-hydrogen) atoms. The van der Waals surface area contributed by atoms with Gasteiger partial charge < -0.3 is 9.29 Å². The van der Waals surface area contributed by atoms with Gasteiger partial charge in [0.1, 0.15) is 0 Å². The summed E-state index contributed by atoms with van der Waals surface area (Å²) in [4.78, 5) is 15.7. The normalized spacial score (nSPS) is 17.5. The molecule has 0 bridgehead atoms. The zero-order valence-corrected chi connectivity index (χ0v) is 23.1. The van der Waals surface area contributed by atoms with Gasteiger partial charge in [-0.3, -0.25) is 9.79 Å². The quantitative estimate of drug-likeness (QED) is 0.162. The van der Waals surface area contributed by atoms with Crippen molar-refractivity contribution in [2.45, 2.75) is 56.3 Å². The first kappa shape index (κ1) is 27.8. The zero-order valence-electron chi connectivity index (χ0n) is 18.2. The van der Waals surface area contributed by atoms with E-state index in [2.05, 4.69) is 22.7 Å². The van der Waals surface area contributed by atoms with Crippen molar-refractivity contribution < 1.29 is 81.6 Å². The number of benzene rings is 2. The Morgan fingerprint density at radius 1 is 1.23 bits per heavy atom. The molecule has 1 unspecified atom stereocenters. The van der Waals surface area contributed by atoms with E-state index in [9.17, 15) is 17.8 Å². The van der Waals surface area contributed by atoms with Crippen molar-refractivity contribution in [1.29, 1.82) is 0 Å². The van der Waals surface area contributed by atoms with Crippen LogP contribution in [-0.4, -0.2) is 31.8 Å². The summed E-state index contributed by atoms with van der Waals surface area (Å²) in [7, 11) is -3.17. The average molecular weight is 447 g/mol. The molecule has 1 aliphatic rings. The van der Waals surface area contributed by atoms with Crippen molar-refractivity contribution in [2.75, 3.05) is 7.11 Å². The van der Waals surface area contributed by atoms with Gasteiger partial charge in [0.2, 0.25) is 0 Å². The Kier molecular flexibility index (Phi) is 10.2. The minimum atomic E-state index is -4.56. The Hall–Kier alpha value is -0.250. The fraction of sp³-hybridized carbons (Fsp3) is 0.429. The molecule has 0 saturated heterocycles. The molecule has 3 rings (SSSR count). The maximum absolute atomic E-state index is 11.5. The number of rotatable bonds is 7. The van der Waals surface area contributed by atoms with E-state index in [0.717, 1.165) is 48.0 Å². The summed E-state index contributed by atoms with van der Waals surface area (Å²) in [5.41, 5.74) is 2.34. The maximum Gasteiger partial charge on any atom is 1.00 e. The Labute approximate surface area is 222 Å². The van der Waals surface area contributed by atoms with Gasteiger partial charge in [0.05, 0.1) is 17.2 Å². The Balaban J connectivity index is 0.00000225. The van der Waals surface area contributed by atoms with Crippen molar-refractivity contribution in [2.24, 2.45) is 4.99 Å². The second-order valence-electron chi connectivity index (χ2n) is 7.38. The van der Waals surface area contributed by atoms with Crippen LogP contribution < -0.4 is 59.1 Å². The van der Waals surface area contributed by atoms with Gasteiger partial charge >= 0.3 is 65.1 Å². The van der Waals surface area contributed by atoms with Gasteiger partial charge in [-0.1, -0.05) is 25.8 Å². The van der Waals surface area contributed by atoms with E-state index in [-0.39, 0.29) is 75.4 Å². The van der Waals surface area contributed by atoms with Crippen LogP contribution in [-0.2, 0) is 25.1 Å². The molecule has 0 N–H and O–H groups in total. The van der Waals surface area contributed by atoms with E-state index in [1.165, 1.54) is 19.2 Å². The monoisotopic (exact) mass is 447 g/mol. The molecular formula is C21H23NNa2O5S. The first-order valence-corrected chi connectivity index (χ1v) is 10.6. The molecule has 2 aromatic carbocycles. The Bertz CT molecular complexity index is 1070. The van der Waals surface area contributed by atoms with Crippen LogP contribution >= 0.6 is 0 Å². The molecule has 0 aromatic heterocycles. The first-order valence-electron chi connectivity index (χ1n) is 9.24. The molecule has 1 aliphatic heterocycles. The minimum Gasteiger partial charge on any atom is -0.752 e. The SMILES string of the molecule is COC(=O)CCCCCC1(C)C(C)=Nc2ccc3[c-]cc(S(=O)(=O)[O-])cc3c21.[Na+].[Na+]. The van der Waals surface area contributed by atoms with Crippen molar-refractivity contribution in [3.63, 3.8) is 0 Å². The summed E-state index contributed by atoms with van der Waals surface area (Å²) in [6.07, 6.45) is 3.74. The molecule has 0 radical (unpaired) electrons. The van der Waals surface area contributed by atoms with Crippen molar-refractivity contribution in [1.82, 2.24) is 0 Å². The fourth-order valence-electron chi connectivity index (χ4n) is 3.85. The molecule has 6 nitrogen and oxygen atoms in total. The topological polar surface area (TPSA) is 95.9 Å². The van der Waals surface area contributed by atoms with E-state index in [1.54, 1.807) is 0 Å². The van der Waals surface area contributed by atoms with E-state index >= 15 is 0 Å². The van der Waals surface area contributed by atoms with Crippen LogP contribution in [0.2, 0.25) is 0 Å². The fourth-order valence-corrected chi connectivity index (χ4v) is 4.32. The van der Waals surface area contributed by atoms with Gasteiger partial charge in [-0.25, -0.2) is 8.42 Å². The molecule has 0 aliphatic carbocycles. The predicted molar refractivity (Wildman–Crippen MR) is 106 cm³/mol. The van der Waals surface area contributed by atoms with Crippen LogP contribution in [0.25, 0.3) is 10.8 Å². The number of aliphatic imine (C=N–C) groups is 1. The summed E-state index contributed by atoms with van der Waals surface area (Å²) in [5, 5.41) is 1.46. The van der Waals surface area contributed by atoms with Gasteiger partial charge in [0, 0.05) is 23.2 Å². The number of nitrogens with zero attached hydrogens (tertiary/aromatic N) is 1. The van der Waals surface area contributed by atoms with Gasteiger partial charge in [-0.05, 0) is 30.2 Å². The standard InChI is InChI=1S/C21H24NO5S.2Na/c1-14-21(2,12-6-4-5-7-19(23)27-3)20-17-13-16(28(24,25)26)10-8-15(17)9-11-18(20)22-14;;/h9-11,13H,4-7,12H2,1-3H3,(H,24,25,26);;/q-1;2*+1/p-1. The molecule has 0 saturated carbocycles. The van der Waals surface area contributed by atoms with Crippen LogP contribution in [0, 0.1) is 6.07 Å². The molecule has 0 amide bonds. The summed E-state index contributed by atoms with van der Waals surface area (Å²) >= 11 is 0. The van der Waals surface area contributed by atoms with E-state index in [4.69, 9.17) is 0 Å². The van der Waals surface area contributed by atoms with Gasteiger partial charge in [0.25, 0.3) is 0 Å². The van der Waals surface area contributed by atoms with Crippen LogP contribution in [0.15, 0.2) is 34.2 Å². The number of ether oxygens (including phenoxy) is 1. The third kappa shape index (κ3) is 5.75. The molecule has 1 heterocycles. The molecule has 150 valence electrons.